The summed E-state index contributed by atoms with van der Waals surface area (Å²) in [6.45, 7) is 5.75. The Labute approximate surface area is 108 Å². The van der Waals surface area contributed by atoms with Gasteiger partial charge in [-0.1, -0.05) is 0 Å². The van der Waals surface area contributed by atoms with E-state index in [1.807, 2.05) is 4.90 Å². The van der Waals surface area contributed by atoms with E-state index in [9.17, 15) is 9.59 Å². The van der Waals surface area contributed by atoms with E-state index in [2.05, 4.69) is 13.8 Å². The fourth-order valence-electron chi connectivity index (χ4n) is 2.90. The van der Waals surface area contributed by atoms with Gasteiger partial charge in [0.15, 0.2) is 0 Å². The Morgan fingerprint density at radius 3 is 2.56 bits per heavy atom. The zero-order valence-electron chi connectivity index (χ0n) is 11.2. The number of carbonyl (C=O) groups excluding carboxylic acids is 2. The molecule has 18 heavy (non-hydrogen) atoms. The van der Waals surface area contributed by atoms with Crippen molar-refractivity contribution in [2.24, 2.45) is 0 Å². The number of nitrogens with zero attached hydrogens (tertiary/aromatic N) is 2. The van der Waals surface area contributed by atoms with Gasteiger partial charge in [0.1, 0.15) is 6.61 Å². The number of hydrogen-bond donors (Lipinski definition) is 0. The average Bonchev–Trinajstić information content (AvgIpc) is 2.72. The van der Waals surface area contributed by atoms with Gasteiger partial charge in [0, 0.05) is 25.0 Å². The molecule has 102 valence electrons. The van der Waals surface area contributed by atoms with Crippen molar-refractivity contribution >= 4 is 12.0 Å². The van der Waals surface area contributed by atoms with Gasteiger partial charge in [0.05, 0.1) is 6.54 Å². The molecule has 2 saturated heterocycles. The zero-order valence-corrected chi connectivity index (χ0v) is 11.2. The maximum atomic E-state index is 12.2. The van der Waals surface area contributed by atoms with E-state index >= 15 is 0 Å². The lowest BCUT2D eigenvalue weighted by atomic mass is 9.97. The van der Waals surface area contributed by atoms with Crippen LogP contribution in [0.15, 0.2) is 0 Å². The molecule has 2 rings (SSSR count). The van der Waals surface area contributed by atoms with Crippen molar-refractivity contribution in [1.82, 2.24) is 9.80 Å². The van der Waals surface area contributed by atoms with Crippen LogP contribution in [0.2, 0.25) is 0 Å². The van der Waals surface area contributed by atoms with Gasteiger partial charge in [-0.2, -0.15) is 0 Å². The highest BCUT2D eigenvalue weighted by molar-refractivity contribution is 5.78. The Hall–Kier alpha value is -1.26. The van der Waals surface area contributed by atoms with Crippen molar-refractivity contribution in [3.05, 3.63) is 0 Å². The quantitative estimate of drug-likeness (QED) is 0.769. The van der Waals surface area contributed by atoms with Crippen LogP contribution < -0.4 is 0 Å². The monoisotopic (exact) mass is 254 g/mol. The van der Waals surface area contributed by atoms with Crippen molar-refractivity contribution in [2.45, 2.75) is 51.6 Å². The number of rotatable bonds is 3. The Morgan fingerprint density at radius 2 is 2.00 bits per heavy atom. The van der Waals surface area contributed by atoms with Gasteiger partial charge in [-0.25, -0.2) is 4.79 Å². The summed E-state index contributed by atoms with van der Waals surface area (Å²) in [6.07, 6.45) is 3.49. The third-order valence-electron chi connectivity index (χ3n) is 3.92. The second kappa shape index (κ2) is 5.59. The van der Waals surface area contributed by atoms with E-state index in [1.54, 1.807) is 4.90 Å². The van der Waals surface area contributed by atoms with Gasteiger partial charge in [0.25, 0.3) is 0 Å². The standard InChI is InChI=1S/C13H22N2O3/c1-10-4-3-5-11(2)15(10)12(16)6-7-14-8-9-18-13(14)17/h10-11H,3-9H2,1-2H3. The van der Waals surface area contributed by atoms with Gasteiger partial charge in [-0.05, 0) is 33.1 Å². The predicted octanol–water partition coefficient (Wildman–Crippen LogP) is 1.62. The van der Waals surface area contributed by atoms with E-state index in [0.29, 0.717) is 38.2 Å². The van der Waals surface area contributed by atoms with Crippen LogP contribution in [-0.2, 0) is 9.53 Å². The largest absolute Gasteiger partial charge is 0.448 e. The molecule has 0 N–H and O–H groups in total. The smallest absolute Gasteiger partial charge is 0.409 e. The van der Waals surface area contributed by atoms with Crippen LogP contribution in [0.25, 0.3) is 0 Å². The van der Waals surface area contributed by atoms with Crippen LogP contribution in [0.4, 0.5) is 4.79 Å². The van der Waals surface area contributed by atoms with E-state index in [0.717, 1.165) is 12.8 Å². The van der Waals surface area contributed by atoms with Gasteiger partial charge in [-0.15, -0.1) is 0 Å². The Kier molecular flexibility index (Phi) is 4.09. The van der Waals surface area contributed by atoms with Crippen molar-refractivity contribution in [1.29, 1.82) is 0 Å². The molecule has 0 aliphatic carbocycles. The summed E-state index contributed by atoms with van der Waals surface area (Å²) in [5.74, 6) is 0.161. The topological polar surface area (TPSA) is 49.9 Å². The predicted molar refractivity (Wildman–Crippen MR) is 67.2 cm³/mol. The molecular formula is C13H22N2O3. The second-order valence-corrected chi connectivity index (χ2v) is 5.28. The first-order valence-corrected chi connectivity index (χ1v) is 6.82. The Bertz CT molecular complexity index is 322. The van der Waals surface area contributed by atoms with Crippen LogP contribution >= 0.6 is 0 Å². The van der Waals surface area contributed by atoms with E-state index in [1.165, 1.54) is 6.42 Å². The minimum absolute atomic E-state index is 0.161. The third-order valence-corrected chi connectivity index (χ3v) is 3.92. The molecule has 5 heteroatoms. The number of hydrogen-bond acceptors (Lipinski definition) is 3. The highest BCUT2D eigenvalue weighted by atomic mass is 16.6. The summed E-state index contributed by atoms with van der Waals surface area (Å²) in [5.41, 5.74) is 0. The van der Waals surface area contributed by atoms with E-state index in [-0.39, 0.29) is 12.0 Å². The first-order chi connectivity index (χ1) is 8.59. The number of ether oxygens (including phenoxy) is 1. The van der Waals surface area contributed by atoms with Gasteiger partial charge in [-0.3, -0.25) is 4.79 Å². The van der Waals surface area contributed by atoms with E-state index in [4.69, 9.17) is 4.74 Å². The first kappa shape index (κ1) is 13.2. The second-order valence-electron chi connectivity index (χ2n) is 5.28. The summed E-state index contributed by atoms with van der Waals surface area (Å²) in [6, 6.07) is 0.651. The molecule has 0 saturated carbocycles. The van der Waals surface area contributed by atoms with Crippen LogP contribution in [-0.4, -0.2) is 53.6 Å². The molecule has 2 unspecified atom stereocenters. The van der Waals surface area contributed by atoms with Gasteiger partial charge >= 0.3 is 6.09 Å². The minimum Gasteiger partial charge on any atom is -0.448 e. The van der Waals surface area contributed by atoms with Crippen LogP contribution in [0.5, 0.6) is 0 Å². The average molecular weight is 254 g/mol. The summed E-state index contributed by atoms with van der Waals surface area (Å²) < 4.78 is 4.85. The van der Waals surface area contributed by atoms with Crippen molar-refractivity contribution < 1.29 is 14.3 Å². The van der Waals surface area contributed by atoms with Crippen LogP contribution in [0.1, 0.15) is 39.5 Å². The molecule has 0 aromatic rings. The molecule has 2 heterocycles. The number of likely N-dealkylation sites (tertiary alicyclic amines) is 1. The summed E-state index contributed by atoms with van der Waals surface area (Å²) >= 11 is 0. The Morgan fingerprint density at radius 1 is 1.33 bits per heavy atom. The molecule has 0 aromatic heterocycles. The number of carbonyl (C=O) groups is 2. The van der Waals surface area contributed by atoms with Crippen LogP contribution in [0.3, 0.4) is 0 Å². The van der Waals surface area contributed by atoms with Crippen molar-refractivity contribution in [3.8, 4) is 0 Å². The lowest BCUT2D eigenvalue weighted by Crippen LogP contribution is -2.48. The molecule has 0 radical (unpaired) electrons. The maximum Gasteiger partial charge on any atom is 0.409 e. The van der Waals surface area contributed by atoms with E-state index < -0.39 is 0 Å². The Balaban J connectivity index is 1.84. The molecule has 0 aromatic carbocycles. The summed E-state index contributed by atoms with van der Waals surface area (Å²) in [4.78, 5) is 27.1. The lowest BCUT2D eigenvalue weighted by molar-refractivity contribution is -0.137. The highest BCUT2D eigenvalue weighted by Gasteiger charge is 2.30. The molecule has 2 aliphatic heterocycles. The van der Waals surface area contributed by atoms with Crippen molar-refractivity contribution in [3.63, 3.8) is 0 Å². The SMILES string of the molecule is CC1CCCC(C)N1C(=O)CCN1CCOC1=O. The van der Waals surface area contributed by atoms with Gasteiger partial charge < -0.3 is 14.5 Å². The first-order valence-electron chi connectivity index (χ1n) is 6.82. The maximum absolute atomic E-state index is 12.2. The third kappa shape index (κ3) is 2.76. The molecule has 5 nitrogen and oxygen atoms in total. The molecular weight excluding hydrogens is 232 g/mol. The molecule has 2 atom stereocenters. The zero-order chi connectivity index (χ0) is 13.1. The minimum atomic E-state index is -0.289. The highest BCUT2D eigenvalue weighted by Crippen LogP contribution is 2.23. The molecule has 0 bridgehead atoms. The summed E-state index contributed by atoms with van der Waals surface area (Å²) in [7, 11) is 0. The fourth-order valence-corrected chi connectivity index (χ4v) is 2.90. The molecule has 2 aliphatic rings. The summed E-state index contributed by atoms with van der Waals surface area (Å²) in [5, 5.41) is 0. The molecule has 0 spiro atoms. The molecule has 2 fully saturated rings. The van der Waals surface area contributed by atoms with Crippen LogP contribution in [0, 0.1) is 0 Å². The fraction of sp³-hybridized carbons (Fsp3) is 0.846. The van der Waals surface area contributed by atoms with Crippen molar-refractivity contribution in [2.75, 3.05) is 19.7 Å². The number of piperidine rings is 1. The normalized spacial score (nSPS) is 28.4. The van der Waals surface area contributed by atoms with Gasteiger partial charge in [0.2, 0.25) is 5.91 Å². The lowest BCUT2D eigenvalue weighted by Gasteiger charge is -2.39. The number of cyclic esters (lactones) is 1. The molecule has 2 amide bonds. The number of amides is 2.